The van der Waals surface area contributed by atoms with E-state index in [1.807, 2.05) is 6.92 Å². The van der Waals surface area contributed by atoms with Crippen LogP contribution in [0.25, 0.3) is 0 Å². The van der Waals surface area contributed by atoms with E-state index in [2.05, 4.69) is 4.98 Å². The SMILES string of the molecule is CC(Oc1cccc(Cl)c1)C(N)c1cncc(F)c1. The first-order chi connectivity index (χ1) is 9.06. The highest BCUT2D eigenvalue weighted by atomic mass is 35.5. The van der Waals surface area contributed by atoms with Crippen LogP contribution in [0, 0.1) is 5.82 Å². The van der Waals surface area contributed by atoms with Crippen molar-refractivity contribution < 1.29 is 9.13 Å². The molecule has 0 saturated heterocycles. The molecule has 5 heteroatoms. The third kappa shape index (κ3) is 3.66. The molecule has 0 aliphatic carbocycles. The maximum absolute atomic E-state index is 13.1. The topological polar surface area (TPSA) is 48.1 Å². The van der Waals surface area contributed by atoms with Gasteiger partial charge in [0.2, 0.25) is 0 Å². The molecule has 0 amide bonds. The highest BCUT2D eigenvalue weighted by Gasteiger charge is 2.17. The van der Waals surface area contributed by atoms with Crippen LogP contribution in [0.15, 0.2) is 42.7 Å². The minimum Gasteiger partial charge on any atom is -0.489 e. The summed E-state index contributed by atoms with van der Waals surface area (Å²) in [5.41, 5.74) is 6.62. The maximum Gasteiger partial charge on any atom is 0.141 e. The molecule has 2 N–H and O–H groups in total. The zero-order valence-electron chi connectivity index (χ0n) is 10.4. The van der Waals surface area contributed by atoms with Crippen LogP contribution < -0.4 is 10.5 Å². The van der Waals surface area contributed by atoms with Crippen molar-refractivity contribution in [2.45, 2.75) is 19.1 Å². The minimum atomic E-state index is -0.470. The molecule has 100 valence electrons. The number of aromatic nitrogens is 1. The molecular formula is C14H14ClFN2O. The first-order valence-corrected chi connectivity index (χ1v) is 6.22. The highest BCUT2D eigenvalue weighted by molar-refractivity contribution is 6.30. The number of nitrogens with zero attached hydrogens (tertiary/aromatic N) is 1. The van der Waals surface area contributed by atoms with Crippen LogP contribution >= 0.6 is 11.6 Å². The maximum atomic E-state index is 13.1. The number of rotatable bonds is 4. The van der Waals surface area contributed by atoms with Crippen LogP contribution in [0.4, 0.5) is 4.39 Å². The first kappa shape index (κ1) is 13.8. The van der Waals surface area contributed by atoms with Crippen molar-refractivity contribution in [2.75, 3.05) is 0 Å². The summed E-state index contributed by atoms with van der Waals surface area (Å²) in [6, 6.07) is 7.93. The van der Waals surface area contributed by atoms with Crippen LogP contribution in [0.2, 0.25) is 5.02 Å². The van der Waals surface area contributed by atoms with Gasteiger partial charge in [0.05, 0.1) is 12.2 Å². The molecule has 1 aromatic carbocycles. The fraction of sp³-hybridized carbons (Fsp3) is 0.214. The lowest BCUT2D eigenvalue weighted by molar-refractivity contribution is 0.190. The number of hydrogen-bond donors (Lipinski definition) is 1. The van der Waals surface area contributed by atoms with Crippen molar-refractivity contribution in [2.24, 2.45) is 5.73 Å². The second-order valence-corrected chi connectivity index (χ2v) is 4.68. The van der Waals surface area contributed by atoms with Crippen molar-refractivity contribution in [1.82, 2.24) is 4.98 Å². The lowest BCUT2D eigenvalue weighted by Crippen LogP contribution is -2.28. The smallest absolute Gasteiger partial charge is 0.141 e. The van der Waals surface area contributed by atoms with Gasteiger partial charge in [0.25, 0.3) is 0 Å². The van der Waals surface area contributed by atoms with E-state index in [1.165, 1.54) is 12.3 Å². The van der Waals surface area contributed by atoms with Crippen LogP contribution in [0.5, 0.6) is 5.75 Å². The summed E-state index contributed by atoms with van der Waals surface area (Å²) in [5.74, 6) is 0.211. The second kappa shape index (κ2) is 5.99. The first-order valence-electron chi connectivity index (χ1n) is 5.84. The fourth-order valence-corrected chi connectivity index (χ4v) is 1.89. The molecular weight excluding hydrogens is 267 g/mol. The Bertz CT molecular complexity index is 565. The van der Waals surface area contributed by atoms with Gasteiger partial charge in [0.15, 0.2) is 0 Å². The molecule has 1 heterocycles. The van der Waals surface area contributed by atoms with Gasteiger partial charge in [-0.25, -0.2) is 4.39 Å². The van der Waals surface area contributed by atoms with Gasteiger partial charge in [0.1, 0.15) is 17.7 Å². The monoisotopic (exact) mass is 280 g/mol. The van der Waals surface area contributed by atoms with Gasteiger partial charge in [0, 0.05) is 11.2 Å². The quantitative estimate of drug-likeness (QED) is 0.934. The van der Waals surface area contributed by atoms with Gasteiger partial charge in [-0.15, -0.1) is 0 Å². The van der Waals surface area contributed by atoms with E-state index in [0.29, 0.717) is 16.3 Å². The van der Waals surface area contributed by atoms with Gasteiger partial charge in [-0.05, 0) is 36.8 Å². The average molecular weight is 281 g/mol. The lowest BCUT2D eigenvalue weighted by Gasteiger charge is -2.21. The lowest BCUT2D eigenvalue weighted by atomic mass is 10.1. The standard InChI is InChI=1S/C14H14ClFN2O/c1-9(19-13-4-2-3-11(15)6-13)14(17)10-5-12(16)8-18-7-10/h2-9,14H,17H2,1H3. The molecule has 0 fully saturated rings. The molecule has 2 rings (SSSR count). The zero-order valence-corrected chi connectivity index (χ0v) is 11.1. The van der Waals surface area contributed by atoms with Gasteiger partial charge in [-0.2, -0.15) is 0 Å². The van der Waals surface area contributed by atoms with Crippen LogP contribution in [-0.2, 0) is 0 Å². The summed E-state index contributed by atoms with van der Waals surface area (Å²) < 4.78 is 18.8. The Labute approximate surface area is 116 Å². The van der Waals surface area contributed by atoms with Crippen molar-refractivity contribution >= 4 is 11.6 Å². The summed E-state index contributed by atoms with van der Waals surface area (Å²) >= 11 is 5.87. The van der Waals surface area contributed by atoms with Gasteiger partial charge >= 0.3 is 0 Å². The molecule has 19 heavy (non-hydrogen) atoms. The third-order valence-corrected chi connectivity index (χ3v) is 2.97. The Morgan fingerprint density at radius 2 is 2.11 bits per heavy atom. The van der Waals surface area contributed by atoms with Gasteiger partial charge in [-0.3, -0.25) is 4.98 Å². The average Bonchev–Trinajstić information content (AvgIpc) is 2.38. The number of pyridine rings is 1. The fourth-order valence-electron chi connectivity index (χ4n) is 1.71. The summed E-state index contributed by atoms with van der Waals surface area (Å²) in [7, 11) is 0. The van der Waals surface area contributed by atoms with E-state index >= 15 is 0 Å². The minimum absolute atomic E-state index is 0.331. The van der Waals surface area contributed by atoms with Crippen molar-refractivity contribution in [3.05, 3.63) is 59.1 Å². The molecule has 0 spiro atoms. The van der Waals surface area contributed by atoms with E-state index in [-0.39, 0.29) is 6.10 Å². The number of hydrogen-bond acceptors (Lipinski definition) is 3. The van der Waals surface area contributed by atoms with E-state index < -0.39 is 11.9 Å². The summed E-state index contributed by atoms with van der Waals surface area (Å²) in [6.07, 6.45) is 2.34. The molecule has 0 saturated carbocycles. The second-order valence-electron chi connectivity index (χ2n) is 4.24. The Morgan fingerprint density at radius 3 is 2.79 bits per heavy atom. The molecule has 3 nitrogen and oxygen atoms in total. The predicted octanol–water partition coefficient (Wildman–Crippen LogP) is 3.34. The summed E-state index contributed by atoms with van der Waals surface area (Å²) in [5, 5.41) is 0.589. The largest absolute Gasteiger partial charge is 0.489 e. The van der Waals surface area contributed by atoms with E-state index in [4.69, 9.17) is 22.1 Å². The highest BCUT2D eigenvalue weighted by Crippen LogP contribution is 2.22. The van der Waals surface area contributed by atoms with Crippen molar-refractivity contribution in [3.63, 3.8) is 0 Å². The molecule has 0 bridgehead atoms. The van der Waals surface area contributed by atoms with Gasteiger partial charge < -0.3 is 10.5 Å². The van der Waals surface area contributed by atoms with Gasteiger partial charge in [-0.1, -0.05) is 17.7 Å². The third-order valence-electron chi connectivity index (χ3n) is 2.73. The molecule has 2 unspecified atom stereocenters. The number of ether oxygens (including phenoxy) is 1. The molecule has 0 radical (unpaired) electrons. The Balaban J connectivity index is 2.09. The summed E-state index contributed by atoms with van der Waals surface area (Å²) in [6.45, 7) is 1.82. The molecule has 2 aromatic rings. The Morgan fingerprint density at radius 1 is 1.32 bits per heavy atom. The normalized spacial score (nSPS) is 13.9. The molecule has 0 aliphatic rings. The van der Waals surface area contributed by atoms with E-state index in [9.17, 15) is 4.39 Å². The van der Waals surface area contributed by atoms with Crippen LogP contribution in [-0.4, -0.2) is 11.1 Å². The Hall–Kier alpha value is -1.65. The number of nitrogens with two attached hydrogens (primary N) is 1. The molecule has 1 aromatic heterocycles. The summed E-state index contributed by atoms with van der Waals surface area (Å²) in [4.78, 5) is 3.78. The number of benzene rings is 1. The predicted molar refractivity (Wildman–Crippen MR) is 72.7 cm³/mol. The van der Waals surface area contributed by atoms with Crippen molar-refractivity contribution in [1.29, 1.82) is 0 Å². The van der Waals surface area contributed by atoms with Crippen LogP contribution in [0.3, 0.4) is 0 Å². The zero-order chi connectivity index (χ0) is 13.8. The molecule has 2 atom stereocenters. The van der Waals surface area contributed by atoms with Crippen molar-refractivity contribution in [3.8, 4) is 5.75 Å². The Kier molecular flexibility index (Phi) is 4.35. The van der Waals surface area contributed by atoms with E-state index in [0.717, 1.165) is 6.20 Å². The number of halogens is 2. The molecule has 0 aliphatic heterocycles. The van der Waals surface area contributed by atoms with Crippen LogP contribution in [0.1, 0.15) is 18.5 Å². The van der Waals surface area contributed by atoms with E-state index in [1.54, 1.807) is 24.3 Å².